The highest BCUT2D eigenvalue weighted by molar-refractivity contribution is 6.12. The van der Waals surface area contributed by atoms with Crippen LogP contribution in [0.25, 0.3) is 38.0 Å². The third-order valence-electron chi connectivity index (χ3n) is 4.34. The summed E-state index contributed by atoms with van der Waals surface area (Å²) in [4.78, 5) is 3.72. The van der Waals surface area contributed by atoms with Crippen LogP contribution >= 0.6 is 0 Å². The van der Waals surface area contributed by atoms with Gasteiger partial charge in [0.05, 0.1) is 12.1 Å². The smallest absolute Gasteiger partial charge is 0.243 e. The van der Waals surface area contributed by atoms with Crippen molar-refractivity contribution in [3.63, 3.8) is 0 Å². The van der Waals surface area contributed by atoms with E-state index in [0.29, 0.717) is 16.7 Å². The maximum atomic E-state index is 14.1. The first kappa shape index (κ1) is 14.4. The maximum Gasteiger partial charge on any atom is 0.243 e. The molecule has 0 aliphatic carbocycles. The lowest BCUT2D eigenvalue weighted by Gasteiger charge is -2.07. The second kappa shape index (κ2) is 5.17. The van der Waals surface area contributed by atoms with E-state index >= 15 is 0 Å². The maximum absolute atomic E-state index is 14.1. The fourth-order valence-corrected chi connectivity index (χ4v) is 3.23. The minimum Gasteiger partial charge on any atom is -0.464 e. The molecule has 0 saturated heterocycles. The molecule has 0 saturated carbocycles. The summed E-state index contributed by atoms with van der Waals surface area (Å²) in [7, 11) is 1.94. The summed E-state index contributed by atoms with van der Waals surface area (Å²) in [6.07, 6.45) is 1.94. The lowest BCUT2D eigenvalue weighted by atomic mass is 9.99. The van der Waals surface area contributed by atoms with Crippen molar-refractivity contribution in [2.75, 3.05) is 0 Å². The van der Waals surface area contributed by atoms with Gasteiger partial charge >= 0.3 is 0 Å². The lowest BCUT2D eigenvalue weighted by molar-refractivity contribution is -0.660. The number of aryl methyl sites for hydroxylation is 2. The summed E-state index contributed by atoms with van der Waals surface area (Å²) in [6.45, 7) is 9.64. The summed E-state index contributed by atoms with van der Waals surface area (Å²) in [5, 5.41) is 1.47. The number of furan rings is 1. The van der Waals surface area contributed by atoms with E-state index in [0.717, 1.165) is 22.2 Å². The molecule has 2 aromatic carbocycles. The fraction of sp³-hybridized carbons (Fsp3) is 0.100. The molecule has 0 atom stereocenters. The molecule has 0 amide bonds. The number of pyridine rings is 1. The second-order valence-electron chi connectivity index (χ2n) is 5.82. The summed E-state index contributed by atoms with van der Waals surface area (Å²) in [5.41, 5.74) is 3.76. The zero-order valence-electron chi connectivity index (χ0n) is 13.3. The van der Waals surface area contributed by atoms with Gasteiger partial charge < -0.3 is 4.42 Å². The molecule has 0 unspecified atom stereocenters. The number of fused-ring (bicyclic) bond motifs is 3. The Hall–Kier alpha value is -3.19. The monoisotopic (exact) mass is 317 g/mol. The number of aromatic nitrogens is 1. The number of halogens is 1. The molecule has 0 aliphatic rings. The minimum atomic E-state index is -0.413. The topological polar surface area (TPSA) is 21.4 Å². The Morgan fingerprint density at radius 1 is 1.08 bits per heavy atom. The first-order valence-corrected chi connectivity index (χ1v) is 7.58. The van der Waals surface area contributed by atoms with Gasteiger partial charge in [0, 0.05) is 22.9 Å². The number of hydrogen-bond donors (Lipinski definition) is 0. The number of nitrogens with zero attached hydrogens (tertiary/aromatic N) is 2. The Morgan fingerprint density at radius 2 is 1.92 bits per heavy atom. The van der Waals surface area contributed by atoms with Crippen LogP contribution in [0.15, 0.2) is 53.1 Å². The predicted molar refractivity (Wildman–Crippen MR) is 91.3 cm³/mol. The van der Waals surface area contributed by atoms with Crippen molar-refractivity contribution in [2.45, 2.75) is 6.92 Å². The molecular formula is C20H14FN2O+. The highest BCUT2D eigenvalue weighted by Gasteiger charge is 2.23. The zero-order chi connectivity index (χ0) is 16.8. The van der Waals surface area contributed by atoms with Crippen molar-refractivity contribution in [1.82, 2.24) is 0 Å². The van der Waals surface area contributed by atoms with Crippen LogP contribution in [-0.2, 0) is 7.05 Å². The van der Waals surface area contributed by atoms with Gasteiger partial charge in [-0.25, -0.2) is 13.8 Å². The highest BCUT2D eigenvalue weighted by atomic mass is 19.1. The Morgan fingerprint density at radius 3 is 2.67 bits per heavy atom. The Labute approximate surface area is 138 Å². The van der Waals surface area contributed by atoms with E-state index in [4.69, 9.17) is 11.0 Å². The van der Waals surface area contributed by atoms with Crippen LogP contribution < -0.4 is 4.57 Å². The van der Waals surface area contributed by atoms with Crippen LogP contribution in [0.5, 0.6) is 0 Å². The molecular weight excluding hydrogens is 303 g/mol. The number of para-hydroxylation sites is 1. The van der Waals surface area contributed by atoms with Gasteiger partial charge in [-0.3, -0.25) is 0 Å². The third kappa shape index (κ3) is 1.92. The van der Waals surface area contributed by atoms with Crippen molar-refractivity contribution in [1.29, 1.82) is 0 Å². The van der Waals surface area contributed by atoms with E-state index in [1.807, 2.05) is 55.1 Å². The summed E-state index contributed by atoms with van der Waals surface area (Å²) < 4.78 is 21.8. The predicted octanol–water partition coefficient (Wildman–Crippen LogP) is 5.08. The van der Waals surface area contributed by atoms with E-state index in [1.54, 1.807) is 6.07 Å². The molecule has 2 heterocycles. The Bertz CT molecular complexity index is 1150. The van der Waals surface area contributed by atoms with E-state index in [9.17, 15) is 4.39 Å². The van der Waals surface area contributed by atoms with Crippen molar-refractivity contribution < 1.29 is 13.4 Å². The van der Waals surface area contributed by atoms with Crippen LogP contribution in [-0.4, -0.2) is 0 Å². The van der Waals surface area contributed by atoms with Gasteiger partial charge in [-0.05, 0) is 30.7 Å². The second-order valence-corrected chi connectivity index (χ2v) is 5.82. The van der Waals surface area contributed by atoms with E-state index in [-0.39, 0.29) is 5.58 Å². The van der Waals surface area contributed by atoms with Crippen molar-refractivity contribution in [2.24, 2.45) is 7.05 Å². The largest absolute Gasteiger partial charge is 0.464 e. The van der Waals surface area contributed by atoms with E-state index in [1.165, 1.54) is 6.07 Å². The quantitative estimate of drug-likeness (QED) is 0.354. The van der Waals surface area contributed by atoms with Crippen molar-refractivity contribution in [3.8, 4) is 11.3 Å². The summed E-state index contributed by atoms with van der Waals surface area (Å²) in [5.74, 6) is -0.413. The molecule has 0 N–H and O–H groups in total. The molecule has 3 nitrogen and oxygen atoms in total. The molecule has 4 rings (SSSR count). The average molecular weight is 317 g/mol. The van der Waals surface area contributed by atoms with Gasteiger partial charge in [0.2, 0.25) is 11.4 Å². The molecule has 0 fully saturated rings. The molecule has 2 aromatic heterocycles. The van der Waals surface area contributed by atoms with Gasteiger partial charge in [0.25, 0.3) is 0 Å². The molecule has 116 valence electrons. The normalized spacial score (nSPS) is 11.1. The van der Waals surface area contributed by atoms with Crippen LogP contribution in [0.2, 0.25) is 0 Å². The molecule has 4 heteroatoms. The highest BCUT2D eigenvalue weighted by Crippen LogP contribution is 2.43. The molecule has 0 bridgehead atoms. The first-order valence-electron chi connectivity index (χ1n) is 7.58. The van der Waals surface area contributed by atoms with E-state index < -0.39 is 5.82 Å². The van der Waals surface area contributed by atoms with Gasteiger partial charge in [-0.2, -0.15) is 0 Å². The van der Waals surface area contributed by atoms with E-state index in [2.05, 4.69) is 4.85 Å². The SMILES string of the molecule is [C-]#[N+]c1c(-c2cccc[n+]2C)c(C)cc2c1oc1c(F)cccc12. The molecule has 24 heavy (non-hydrogen) atoms. The molecule has 0 aliphatic heterocycles. The number of rotatable bonds is 1. The standard InChI is InChI=1S/C20H14FN2O/c1-12-11-14-13-7-6-8-15(21)19(13)24-20(14)18(22-2)17(12)16-9-4-5-10-23(16)3/h4-11H,1,3H3/q+1. The van der Waals surface area contributed by atoms with Crippen LogP contribution in [0.3, 0.4) is 0 Å². The van der Waals surface area contributed by atoms with Gasteiger partial charge in [0.15, 0.2) is 17.6 Å². The molecule has 0 spiro atoms. The van der Waals surface area contributed by atoms with Crippen LogP contribution in [0, 0.1) is 19.3 Å². The summed E-state index contributed by atoms with van der Waals surface area (Å²) >= 11 is 0. The van der Waals surface area contributed by atoms with Gasteiger partial charge in [-0.15, -0.1) is 0 Å². The van der Waals surface area contributed by atoms with Crippen molar-refractivity contribution in [3.05, 3.63) is 71.5 Å². The van der Waals surface area contributed by atoms with Crippen LogP contribution in [0.1, 0.15) is 5.56 Å². The van der Waals surface area contributed by atoms with Crippen LogP contribution in [0.4, 0.5) is 10.1 Å². The molecule has 4 aromatic rings. The van der Waals surface area contributed by atoms with Gasteiger partial charge in [0.1, 0.15) is 12.6 Å². The number of hydrogen-bond acceptors (Lipinski definition) is 1. The Kier molecular flexibility index (Phi) is 3.10. The Balaban J connectivity index is 2.20. The average Bonchev–Trinajstić information content (AvgIpc) is 2.94. The van der Waals surface area contributed by atoms with Crippen molar-refractivity contribution >= 4 is 27.6 Å². The van der Waals surface area contributed by atoms with Gasteiger partial charge in [-0.1, -0.05) is 12.1 Å². The summed E-state index contributed by atoms with van der Waals surface area (Å²) in [6, 6.07) is 12.7. The lowest BCUT2D eigenvalue weighted by Crippen LogP contribution is -2.30. The number of benzene rings is 2. The minimum absolute atomic E-state index is 0.200. The molecule has 0 radical (unpaired) electrons. The third-order valence-corrected chi connectivity index (χ3v) is 4.34. The first-order chi connectivity index (χ1) is 11.6. The zero-order valence-corrected chi connectivity index (χ0v) is 13.3. The fourth-order valence-electron chi connectivity index (χ4n) is 3.23.